The summed E-state index contributed by atoms with van der Waals surface area (Å²) in [6.07, 6.45) is 0. The van der Waals surface area contributed by atoms with Crippen molar-refractivity contribution in [2.75, 3.05) is 12.3 Å². The van der Waals surface area contributed by atoms with E-state index in [-0.39, 0.29) is 23.7 Å². The SMILES string of the molecule is CC(C(=O)O)C1NCCS1.Cl. The number of carboxylic acid groups (broad SMARTS) is 1. The predicted molar refractivity (Wildman–Crippen MR) is 48.3 cm³/mol. The van der Waals surface area contributed by atoms with Crippen LogP contribution in [0.25, 0.3) is 0 Å². The van der Waals surface area contributed by atoms with E-state index in [0.717, 1.165) is 12.3 Å². The van der Waals surface area contributed by atoms with Crippen molar-refractivity contribution >= 4 is 30.1 Å². The number of hydrogen-bond donors (Lipinski definition) is 2. The predicted octanol–water partition coefficient (Wildman–Crippen LogP) is 0.791. The number of carbonyl (C=O) groups is 1. The van der Waals surface area contributed by atoms with Gasteiger partial charge in [-0.2, -0.15) is 0 Å². The fraction of sp³-hybridized carbons (Fsp3) is 0.833. The molecule has 0 aromatic rings. The third-order valence-electron chi connectivity index (χ3n) is 1.59. The van der Waals surface area contributed by atoms with Gasteiger partial charge in [0, 0.05) is 12.3 Å². The number of halogens is 1. The second-order valence-electron chi connectivity index (χ2n) is 2.37. The van der Waals surface area contributed by atoms with Gasteiger partial charge >= 0.3 is 5.97 Å². The summed E-state index contributed by atoms with van der Waals surface area (Å²) in [4.78, 5) is 10.4. The van der Waals surface area contributed by atoms with Gasteiger partial charge in [-0.25, -0.2) is 0 Å². The lowest BCUT2D eigenvalue weighted by molar-refractivity contribution is -0.141. The van der Waals surface area contributed by atoms with Crippen molar-refractivity contribution in [1.29, 1.82) is 0 Å². The first-order valence-electron chi connectivity index (χ1n) is 3.29. The van der Waals surface area contributed by atoms with Crippen LogP contribution < -0.4 is 5.32 Å². The Bertz CT molecular complexity index is 139. The Kier molecular flexibility index (Phi) is 4.88. The van der Waals surface area contributed by atoms with E-state index in [1.54, 1.807) is 18.7 Å². The molecule has 1 fully saturated rings. The summed E-state index contributed by atoms with van der Waals surface area (Å²) in [7, 11) is 0. The second kappa shape index (κ2) is 4.85. The first-order valence-corrected chi connectivity index (χ1v) is 4.34. The molecule has 0 amide bonds. The van der Waals surface area contributed by atoms with Crippen molar-refractivity contribution in [1.82, 2.24) is 5.32 Å². The van der Waals surface area contributed by atoms with E-state index >= 15 is 0 Å². The zero-order valence-corrected chi connectivity index (χ0v) is 7.87. The highest BCUT2D eigenvalue weighted by atomic mass is 35.5. The van der Waals surface area contributed by atoms with Crippen LogP contribution in [0, 0.1) is 5.92 Å². The summed E-state index contributed by atoms with van der Waals surface area (Å²) < 4.78 is 0. The minimum atomic E-state index is -0.716. The average Bonchev–Trinajstić information content (AvgIpc) is 2.36. The molecule has 1 aliphatic rings. The first-order chi connectivity index (χ1) is 4.72. The average molecular weight is 198 g/mol. The van der Waals surface area contributed by atoms with Crippen LogP contribution in [0.5, 0.6) is 0 Å². The molecular formula is C6H12ClNO2S. The van der Waals surface area contributed by atoms with Gasteiger partial charge in [-0.3, -0.25) is 4.79 Å². The molecule has 1 saturated heterocycles. The second-order valence-corrected chi connectivity index (χ2v) is 3.62. The molecule has 2 unspecified atom stereocenters. The fourth-order valence-corrected chi connectivity index (χ4v) is 2.03. The van der Waals surface area contributed by atoms with E-state index in [0.29, 0.717) is 0 Å². The van der Waals surface area contributed by atoms with E-state index in [1.807, 2.05) is 0 Å². The zero-order chi connectivity index (χ0) is 7.56. The van der Waals surface area contributed by atoms with Crippen LogP contribution in [0.1, 0.15) is 6.92 Å². The summed E-state index contributed by atoms with van der Waals surface area (Å²) in [5.41, 5.74) is 0. The van der Waals surface area contributed by atoms with Crippen molar-refractivity contribution in [2.45, 2.75) is 12.3 Å². The standard InChI is InChI=1S/C6H11NO2S.ClH/c1-4(6(8)9)5-7-2-3-10-5;/h4-5,7H,2-3H2,1H3,(H,8,9);1H. The minimum absolute atomic E-state index is 0. The molecular weight excluding hydrogens is 186 g/mol. The third kappa shape index (κ3) is 2.89. The highest BCUT2D eigenvalue weighted by Gasteiger charge is 2.26. The number of hydrogen-bond acceptors (Lipinski definition) is 3. The van der Waals surface area contributed by atoms with Crippen LogP contribution in [0.15, 0.2) is 0 Å². The van der Waals surface area contributed by atoms with Crippen LogP contribution in [0.3, 0.4) is 0 Å². The normalized spacial score (nSPS) is 25.7. The van der Waals surface area contributed by atoms with E-state index in [9.17, 15) is 4.79 Å². The van der Waals surface area contributed by atoms with Crippen molar-refractivity contribution < 1.29 is 9.90 Å². The van der Waals surface area contributed by atoms with Crippen LogP contribution in [0.2, 0.25) is 0 Å². The van der Waals surface area contributed by atoms with Gasteiger partial charge in [-0.15, -0.1) is 24.2 Å². The molecule has 5 heteroatoms. The van der Waals surface area contributed by atoms with Gasteiger partial charge in [0.1, 0.15) is 0 Å². The van der Waals surface area contributed by atoms with Crippen molar-refractivity contribution in [2.24, 2.45) is 5.92 Å². The smallest absolute Gasteiger partial charge is 0.308 e. The summed E-state index contributed by atoms with van der Waals surface area (Å²) in [6.45, 7) is 2.67. The molecule has 0 bridgehead atoms. The summed E-state index contributed by atoms with van der Waals surface area (Å²) in [5, 5.41) is 11.8. The lowest BCUT2D eigenvalue weighted by Crippen LogP contribution is -2.31. The molecule has 11 heavy (non-hydrogen) atoms. The monoisotopic (exact) mass is 197 g/mol. The van der Waals surface area contributed by atoms with Gasteiger partial charge in [0.2, 0.25) is 0 Å². The van der Waals surface area contributed by atoms with Gasteiger partial charge in [0.15, 0.2) is 0 Å². The molecule has 2 atom stereocenters. The number of rotatable bonds is 2. The molecule has 0 aromatic heterocycles. The zero-order valence-electron chi connectivity index (χ0n) is 6.24. The lowest BCUT2D eigenvalue weighted by Gasteiger charge is -2.12. The largest absolute Gasteiger partial charge is 0.481 e. The Labute approximate surface area is 76.3 Å². The van der Waals surface area contributed by atoms with Gasteiger partial charge in [-0.05, 0) is 6.92 Å². The maximum atomic E-state index is 10.4. The molecule has 0 aliphatic carbocycles. The number of carboxylic acids is 1. The summed E-state index contributed by atoms with van der Waals surface area (Å²) in [6, 6.07) is 0. The van der Waals surface area contributed by atoms with E-state index < -0.39 is 5.97 Å². The molecule has 0 saturated carbocycles. The van der Waals surface area contributed by atoms with E-state index in [1.165, 1.54) is 0 Å². The van der Waals surface area contributed by atoms with Crippen molar-refractivity contribution in [3.63, 3.8) is 0 Å². The highest BCUT2D eigenvalue weighted by Crippen LogP contribution is 2.21. The maximum absolute atomic E-state index is 10.4. The van der Waals surface area contributed by atoms with Crippen molar-refractivity contribution in [3.05, 3.63) is 0 Å². The Hall–Kier alpha value is 0.0700. The number of thioether (sulfide) groups is 1. The van der Waals surface area contributed by atoms with Gasteiger partial charge in [0.25, 0.3) is 0 Å². The molecule has 0 spiro atoms. The fourth-order valence-electron chi connectivity index (χ4n) is 0.897. The Balaban J connectivity index is 0.000001000. The molecule has 0 radical (unpaired) electrons. The lowest BCUT2D eigenvalue weighted by atomic mass is 10.2. The first kappa shape index (κ1) is 11.1. The van der Waals surface area contributed by atoms with Crippen molar-refractivity contribution in [3.8, 4) is 0 Å². The quantitative estimate of drug-likeness (QED) is 0.688. The van der Waals surface area contributed by atoms with Crippen LogP contribution in [-0.2, 0) is 4.79 Å². The third-order valence-corrected chi connectivity index (χ3v) is 2.96. The molecule has 3 nitrogen and oxygen atoms in total. The van der Waals surface area contributed by atoms with Gasteiger partial charge in [-0.1, -0.05) is 0 Å². The number of nitrogens with one attached hydrogen (secondary N) is 1. The Morgan fingerprint density at radius 2 is 2.45 bits per heavy atom. The van der Waals surface area contributed by atoms with Crippen LogP contribution in [-0.4, -0.2) is 28.7 Å². The topological polar surface area (TPSA) is 49.3 Å². The summed E-state index contributed by atoms with van der Waals surface area (Å²) in [5.74, 6) is 0.0434. The minimum Gasteiger partial charge on any atom is -0.481 e. The molecule has 1 rings (SSSR count). The maximum Gasteiger partial charge on any atom is 0.308 e. The number of aliphatic carboxylic acids is 1. The van der Waals surface area contributed by atoms with Gasteiger partial charge in [0.05, 0.1) is 11.3 Å². The van der Waals surface area contributed by atoms with Gasteiger partial charge < -0.3 is 10.4 Å². The molecule has 0 aromatic carbocycles. The molecule has 1 heterocycles. The highest BCUT2D eigenvalue weighted by molar-refractivity contribution is 8.00. The van der Waals surface area contributed by atoms with E-state index in [4.69, 9.17) is 5.11 Å². The Morgan fingerprint density at radius 3 is 2.82 bits per heavy atom. The molecule has 2 N–H and O–H groups in total. The summed E-state index contributed by atoms with van der Waals surface area (Å²) >= 11 is 1.69. The van der Waals surface area contributed by atoms with E-state index in [2.05, 4.69) is 5.32 Å². The molecule has 66 valence electrons. The van der Waals surface area contributed by atoms with Crippen LogP contribution in [0.4, 0.5) is 0 Å². The Morgan fingerprint density at radius 1 is 1.82 bits per heavy atom. The van der Waals surface area contributed by atoms with Crippen LogP contribution >= 0.6 is 24.2 Å². The molecule has 1 aliphatic heterocycles.